The van der Waals surface area contributed by atoms with E-state index in [0.717, 1.165) is 0 Å². The summed E-state index contributed by atoms with van der Waals surface area (Å²) in [5, 5.41) is 0. The SMILES string of the molecule is C/C=C/c1ccc(C)c(C)c1.CC. The number of aryl methyl sites for hydroxylation is 2. The Bertz CT molecular complexity index is 269. The highest BCUT2D eigenvalue weighted by atomic mass is 14.0. The molecular formula is C13H20. The molecule has 0 heterocycles. The minimum absolute atomic E-state index is 1.29. The van der Waals surface area contributed by atoms with Gasteiger partial charge in [-0.1, -0.05) is 44.2 Å². The Hall–Kier alpha value is -1.04. The predicted octanol–water partition coefficient (Wildman–Crippen LogP) is 4.36. The van der Waals surface area contributed by atoms with Crippen molar-refractivity contribution in [2.75, 3.05) is 0 Å². The average molecular weight is 176 g/mol. The molecule has 0 radical (unpaired) electrons. The smallest absolute Gasteiger partial charge is 0.0257 e. The number of benzene rings is 1. The fourth-order valence-corrected chi connectivity index (χ4v) is 1.06. The number of hydrogen-bond acceptors (Lipinski definition) is 0. The maximum absolute atomic E-state index is 2.20. The van der Waals surface area contributed by atoms with Gasteiger partial charge in [0.2, 0.25) is 0 Å². The van der Waals surface area contributed by atoms with Crippen LogP contribution in [-0.4, -0.2) is 0 Å². The highest BCUT2D eigenvalue weighted by molar-refractivity contribution is 5.51. The van der Waals surface area contributed by atoms with Gasteiger partial charge in [-0.3, -0.25) is 0 Å². The molecule has 0 N–H and O–H groups in total. The average Bonchev–Trinajstić information content (AvgIpc) is 2.15. The van der Waals surface area contributed by atoms with Crippen LogP contribution in [0.25, 0.3) is 6.08 Å². The zero-order valence-electron chi connectivity index (χ0n) is 9.39. The predicted molar refractivity (Wildman–Crippen MR) is 62.0 cm³/mol. The zero-order valence-corrected chi connectivity index (χ0v) is 9.39. The molecule has 1 rings (SSSR count). The zero-order chi connectivity index (χ0) is 10.3. The molecule has 0 saturated carbocycles. The minimum Gasteiger partial charge on any atom is -0.0871 e. The van der Waals surface area contributed by atoms with E-state index in [1.807, 2.05) is 20.8 Å². The summed E-state index contributed by atoms with van der Waals surface area (Å²) in [6.45, 7) is 10.3. The summed E-state index contributed by atoms with van der Waals surface area (Å²) in [4.78, 5) is 0. The van der Waals surface area contributed by atoms with E-state index in [9.17, 15) is 0 Å². The molecule has 0 fully saturated rings. The maximum Gasteiger partial charge on any atom is -0.0257 e. The van der Waals surface area contributed by atoms with Crippen molar-refractivity contribution in [3.05, 3.63) is 41.0 Å². The summed E-state index contributed by atoms with van der Waals surface area (Å²) in [7, 11) is 0. The van der Waals surface area contributed by atoms with Gasteiger partial charge in [0.25, 0.3) is 0 Å². The van der Waals surface area contributed by atoms with Crippen molar-refractivity contribution in [1.82, 2.24) is 0 Å². The second-order valence-electron chi connectivity index (χ2n) is 2.84. The lowest BCUT2D eigenvalue weighted by Gasteiger charge is -1.99. The summed E-state index contributed by atoms with van der Waals surface area (Å²) in [5.41, 5.74) is 4.01. The first kappa shape index (κ1) is 12.0. The quantitative estimate of drug-likeness (QED) is 0.596. The van der Waals surface area contributed by atoms with Gasteiger partial charge in [-0.2, -0.15) is 0 Å². The van der Waals surface area contributed by atoms with Crippen molar-refractivity contribution < 1.29 is 0 Å². The molecule has 13 heavy (non-hydrogen) atoms. The highest BCUT2D eigenvalue weighted by Crippen LogP contribution is 2.10. The molecule has 0 aliphatic carbocycles. The van der Waals surface area contributed by atoms with Gasteiger partial charge in [0.1, 0.15) is 0 Å². The Labute approximate surface area is 82.3 Å². The number of allylic oxidation sites excluding steroid dienone is 1. The van der Waals surface area contributed by atoms with Gasteiger partial charge in [-0.25, -0.2) is 0 Å². The first-order chi connectivity index (χ1) is 6.24. The third-order valence-corrected chi connectivity index (χ3v) is 1.89. The first-order valence-corrected chi connectivity index (χ1v) is 4.94. The minimum atomic E-state index is 1.29. The lowest BCUT2D eigenvalue weighted by molar-refractivity contribution is 1.33. The van der Waals surface area contributed by atoms with Gasteiger partial charge in [0, 0.05) is 0 Å². The van der Waals surface area contributed by atoms with Gasteiger partial charge in [0.15, 0.2) is 0 Å². The molecule has 0 saturated heterocycles. The third kappa shape index (κ3) is 3.93. The van der Waals surface area contributed by atoms with Crippen LogP contribution in [-0.2, 0) is 0 Å². The number of rotatable bonds is 1. The molecule has 0 aliphatic rings. The van der Waals surface area contributed by atoms with Crippen LogP contribution in [0.5, 0.6) is 0 Å². The summed E-state index contributed by atoms with van der Waals surface area (Å²) in [5.74, 6) is 0. The van der Waals surface area contributed by atoms with Crippen molar-refractivity contribution >= 4 is 6.08 Å². The molecule has 0 aromatic heterocycles. The van der Waals surface area contributed by atoms with Crippen molar-refractivity contribution in [1.29, 1.82) is 0 Å². The summed E-state index contributed by atoms with van der Waals surface area (Å²) in [6.07, 6.45) is 4.18. The molecule has 0 heteroatoms. The highest BCUT2D eigenvalue weighted by Gasteiger charge is 1.91. The van der Waals surface area contributed by atoms with Crippen LogP contribution in [0.1, 0.15) is 37.5 Å². The molecule has 1 aromatic carbocycles. The molecule has 72 valence electrons. The van der Waals surface area contributed by atoms with E-state index < -0.39 is 0 Å². The van der Waals surface area contributed by atoms with E-state index in [4.69, 9.17) is 0 Å². The molecule has 0 spiro atoms. The van der Waals surface area contributed by atoms with Crippen LogP contribution in [0.2, 0.25) is 0 Å². The Morgan fingerprint density at radius 2 is 1.62 bits per heavy atom. The Morgan fingerprint density at radius 1 is 1.00 bits per heavy atom. The van der Waals surface area contributed by atoms with Crippen molar-refractivity contribution in [2.24, 2.45) is 0 Å². The standard InChI is InChI=1S/C11H14.C2H6/c1-4-5-11-7-6-9(2)10(3)8-11;1-2/h4-8H,1-3H3;1-2H3/b5-4+;. The van der Waals surface area contributed by atoms with Crippen LogP contribution in [0.3, 0.4) is 0 Å². The largest absolute Gasteiger partial charge is 0.0871 e. The fourth-order valence-electron chi connectivity index (χ4n) is 1.06. The number of hydrogen-bond donors (Lipinski definition) is 0. The molecular weight excluding hydrogens is 156 g/mol. The maximum atomic E-state index is 2.20. The van der Waals surface area contributed by atoms with E-state index in [0.29, 0.717) is 0 Å². The molecule has 0 amide bonds. The summed E-state index contributed by atoms with van der Waals surface area (Å²) < 4.78 is 0. The molecule has 0 bridgehead atoms. The Morgan fingerprint density at radius 3 is 2.08 bits per heavy atom. The van der Waals surface area contributed by atoms with Gasteiger partial charge >= 0.3 is 0 Å². The first-order valence-electron chi connectivity index (χ1n) is 4.94. The van der Waals surface area contributed by atoms with Crippen molar-refractivity contribution in [3.63, 3.8) is 0 Å². The van der Waals surface area contributed by atoms with E-state index in [-0.39, 0.29) is 0 Å². The van der Waals surface area contributed by atoms with E-state index in [2.05, 4.69) is 44.2 Å². The molecule has 0 aliphatic heterocycles. The molecule has 1 aromatic rings. The second kappa shape index (κ2) is 6.47. The normalized spacial score (nSPS) is 9.62. The molecule has 0 unspecified atom stereocenters. The summed E-state index contributed by atoms with van der Waals surface area (Å²) >= 11 is 0. The topological polar surface area (TPSA) is 0 Å². The van der Waals surface area contributed by atoms with E-state index >= 15 is 0 Å². The monoisotopic (exact) mass is 176 g/mol. The Balaban J connectivity index is 0.000000671. The van der Waals surface area contributed by atoms with Crippen LogP contribution < -0.4 is 0 Å². The molecule has 0 nitrogen and oxygen atoms in total. The van der Waals surface area contributed by atoms with E-state index in [1.54, 1.807) is 0 Å². The van der Waals surface area contributed by atoms with Crippen LogP contribution in [0.15, 0.2) is 24.3 Å². The van der Waals surface area contributed by atoms with Crippen molar-refractivity contribution in [3.8, 4) is 0 Å². The summed E-state index contributed by atoms with van der Waals surface area (Å²) in [6, 6.07) is 6.50. The van der Waals surface area contributed by atoms with Crippen LogP contribution >= 0.6 is 0 Å². The van der Waals surface area contributed by atoms with E-state index in [1.165, 1.54) is 16.7 Å². The molecule has 0 atom stereocenters. The van der Waals surface area contributed by atoms with Crippen LogP contribution in [0.4, 0.5) is 0 Å². The van der Waals surface area contributed by atoms with Crippen LogP contribution in [0, 0.1) is 13.8 Å². The second-order valence-corrected chi connectivity index (χ2v) is 2.84. The lowest BCUT2D eigenvalue weighted by atomic mass is 10.1. The fraction of sp³-hybridized carbons (Fsp3) is 0.385. The van der Waals surface area contributed by atoms with Gasteiger partial charge in [-0.15, -0.1) is 0 Å². The van der Waals surface area contributed by atoms with Crippen molar-refractivity contribution in [2.45, 2.75) is 34.6 Å². The lowest BCUT2D eigenvalue weighted by Crippen LogP contribution is -1.80. The van der Waals surface area contributed by atoms with Gasteiger partial charge in [0.05, 0.1) is 0 Å². The Kier molecular flexibility index (Phi) is 5.96. The van der Waals surface area contributed by atoms with Gasteiger partial charge in [-0.05, 0) is 37.5 Å². The third-order valence-electron chi connectivity index (χ3n) is 1.89. The van der Waals surface area contributed by atoms with Gasteiger partial charge < -0.3 is 0 Å².